The zero-order valence-corrected chi connectivity index (χ0v) is 14.5. The first-order valence-electron chi connectivity index (χ1n) is 8.16. The van der Waals surface area contributed by atoms with E-state index in [2.05, 4.69) is 0 Å². The van der Waals surface area contributed by atoms with Crippen LogP contribution in [0, 0.1) is 22.7 Å². The molecule has 1 aromatic carbocycles. The second-order valence-electron chi connectivity index (χ2n) is 5.77. The molecule has 23 heavy (non-hydrogen) atoms. The van der Waals surface area contributed by atoms with Gasteiger partial charge >= 0.3 is 0 Å². The van der Waals surface area contributed by atoms with Crippen molar-refractivity contribution in [3.05, 3.63) is 34.9 Å². The second kappa shape index (κ2) is 10.0. The van der Waals surface area contributed by atoms with E-state index in [1.807, 2.05) is 25.1 Å². The van der Waals surface area contributed by atoms with Crippen LogP contribution in [0.15, 0.2) is 18.2 Å². The van der Waals surface area contributed by atoms with Crippen molar-refractivity contribution in [3.63, 3.8) is 0 Å². The van der Waals surface area contributed by atoms with Crippen molar-refractivity contribution in [2.45, 2.75) is 51.9 Å². The van der Waals surface area contributed by atoms with Gasteiger partial charge in [0.2, 0.25) is 0 Å². The third-order valence-corrected chi connectivity index (χ3v) is 5.63. The molecule has 0 saturated carbocycles. The molecule has 0 aromatic heterocycles. The summed E-state index contributed by atoms with van der Waals surface area (Å²) in [7, 11) is -2.87. The van der Waals surface area contributed by atoms with Crippen LogP contribution in [0.5, 0.6) is 0 Å². The Bertz CT molecular complexity index is 682. The summed E-state index contributed by atoms with van der Waals surface area (Å²) in [4.78, 5) is 0. The average Bonchev–Trinajstić information content (AvgIpc) is 2.55. The van der Waals surface area contributed by atoms with Gasteiger partial charge in [-0.1, -0.05) is 32.3 Å². The lowest BCUT2D eigenvalue weighted by Gasteiger charge is -2.05. The molecule has 0 atom stereocenters. The first-order chi connectivity index (χ1) is 11.0. The lowest BCUT2D eigenvalue weighted by Crippen LogP contribution is -2.10. The maximum atomic E-state index is 11.7. The van der Waals surface area contributed by atoms with E-state index in [0.29, 0.717) is 22.6 Å². The Morgan fingerprint density at radius 2 is 1.57 bits per heavy atom. The van der Waals surface area contributed by atoms with E-state index in [1.165, 1.54) is 0 Å². The van der Waals surface area contributed by atoms with Crippen LogP contribution in [0.25, 0.3) is 0 Å². The molecule has 0 N–H and O–H groups in total. The van der Waals surface area contributed by atoms with Crippen molar-refractivity contribution in [1.29, 1.82) is 10.5 Å². The monoisotopic (exact) mass is 332 g/mol. The van der Waals surface area contributed by atoms with E-state index in [0.717, 1.165) is 50.5 Å². The zero-order valence-electron chi connectivity index (χ0n) is 13.7. The van der Waals surface area contributed by atoms with Crippen LogP contribution in [-0.4, -0.2) is 19.9 Å². The summed E-state index contributed by atoms with van der Waals surface area (Å²) in [6, 6.07) is 9.39. The van der Waals surface area contributed by atoms with Gasteiger partial charge in [-0.05, 0) is 43.4 Å². The van der Waals surface area contributed by atoms with Crippen molar-refractivity contribution in [2.24, 2.45) is 0 Å². The second-order valence-corrected chi connectivity index (χ2v) is 8.08. The van der Waals surface area contributed by atoms with E-state index < -0.39 is 9.84 Å². The fourth-order valence-corrected chi connectivity index (χ4v) is 3.98. The van der Waals surface area contributed by atoms with Crippen molar-refractivity contribution < 1.29 is 8.42 Å². The van der Waals surface area contributed by atoms with E-state index in [9.17, 15) is 8.42 Å². The highest BCUT2D eigenvalue weighted by molar-refractivity contribution is 7.91. The molecule has 0 fully saturated rings. The molecule has 0 saturated heterocycles. The Labute approximate surface area is 139 Å². The van der Waals surface area contributed by atoms with Crippen molar-refractivity contribution in [1.82, 2.24) is 0 Å². The summed E-state index contributed by atoms with van der Waals surface area (Å²) in [6.45, 7) is 2.00. The lowest BCUT2D eigenvalue weighted by atomic mass is 10.0. The molecule has 0 heterocycles. The molecule has 5 heteroatoms. The number of hydrogen-bond donors (Lipinski definition) is 0. The van der Waals surface area contributed by atoms with Gasteiger partial charge in [0.05, 0.1) is 22.6 Å². The predicted octanol–water partition coefficient (Wildman–Crippen LogP) is 3.75. The minimum Gasteiger partial charge on any atom is -0.229 e. The van der Waals surface area contributed by atoms with Gasteiger partial charge in [-0.2, -0.15) is 10.5 Å². The normalized spacial score (nSPS) is 10.9. The number of rotatable bonds is 10. The maximum Gasteiger partial charge on any atom is 0.150 e. The van der Waals surface area contributed by atoms with E-state index in [-0.39, 0.29) is 0 Å². The molecular weight excluding hydrogens is 308 g/mol. The molecule has 0 aliphatic rings. The molecular formula is C18H24N2O2S. The molecule has 1 rings (SSSR count). The highest BCUT2D eigenvalue weighted by atomic mass is 32.2. The van der Waals surface area contributed by atoms with Crippen LogP contribution < -0.4 is 0 Å². The molecule has 4 nitrogen and oxygen atoms in total. The van der Waals surface area contributed by atoms with Gasteiger partial charge in [0.15, 0.2) is 0 Å². The number of hydrogen-bond acceptors (Lipinski definition) is 4. The third-order valence-electron chi connectivity index (χ3n) is 3.80. The van der Waals surface area contributed by atoms with Crippen molar-refractivity contribution >= 4 is 9.84 Å². The topological polar surface area (TPSA) is 81.7 Å². The Morgan fingerprint density at radius 1 is 0.913 bits per heavy atom. The minimum atomic E-state index is -2.87. The highest BCUT2D eigenvalue weighted by Crippen LogP contribution is 2.14. The number of sulfone groups is 1. The summed E-state index contributed by atoms with van der Waals surface area (Å²) in [5, 5.41) is 17.9. The molecule has 0 spiro atoms. The minimum absolute atomic E-state index is 0.294. The number of nitrogens with zero attached hydrogens (tertiary/aromatic N) is 2. The van der Waals surface area contributed by atoms with Gasteiger partial charge in [0.1, 0.15) is 22.0 Å². The Morgan fingerprint density at radius 3 is 2.22 bits per heavy atom. The predicted molar refractivity (Wildman–Crippen MR) is 91.6 cm³/mol. The average molecular weight is 332 g/mol. The van der Waals surface area contributed by atoms with Gasteiger partial charge in [-0.3, -0.25) is 0 Å². The van der Waals surface area contributed by atoms with E-state index in [1.54, 1.807) is 12.1 Å². The van der Waals surface area contributed by atoms with E-state index in [4.69, 9.17) is 10.5 Å². The van der Waals surface area contributed by atoms with Gasteiger partial charge in [0.25, 0.3) is 0 Å². The Kier molecular flexibility index (Phi) is 8.37. The zero-order chi connectivity index (χ0) is 17.1. The van der Waals surface area contributed by atoms with Crippen LogP contribution in [0.4, 0.5) is 0 Å². The smallest absolute Gasteiger partial charge is 0.150 e. The van der Waals surface area contributed by atoms with Gasteiger partial charge in [0, 0.05) is 0 Å². The largest absolute Gasteiger partial charge is 0.229 e. The SMILES string of the molecule is CCCCS(=O)(=O)CCCCCCc1ccc(C#N)c(C#N)c1. The van der Waals surface area contributed by atoms with Gasteiger partial charge in [-0.15, -0.1) is 0 Å². The van der Waals surface area contributed by atoms with Crippen LogP contribution in [0.2, 0.25) is 0 Å². The van der Waals surface area contributed by atoms with Crippen molar-refractivity contribution in [2.75, 3.05) is 11.5 Å². The molecule has 0 aliphatic carbocycles. The van der Waals surface area contributed by atoms with Gasteiger partial charge in [-0.25, -0.2) is 8.42 Å². The van der Waals surface area contributed by atoms with Gasteiger partial charge < -0.3 is 0 Å². The summed E-state index contributed by atoms with van der Waals surface area (Å²) in [5.74, 6) is 0.605. The fraction of sp³-hybridized carbons (Fsp3) is 0.556. The van der Waals surface area contributed by atoms with Crippen molar-refractivity contribution in [3.8, 4) is 12.1 Å². The van der Waals surface area contributed by atoms with Crippen LogP contribution in [-0.2, 0) is 16.3 Å². The standard InChI is InChI=1S/C18H24N2O2S/c1-2-3-11-23(21,22)12-7-5-4-6-8-16-9-10-17(14-19)18(13-16)15-20/h9-10,13H,2-8,11-12H2,1H3. The molecule has 0 radical (unpaired) electrons. The molecule has 0 unspecified atom stereocenters. The number of aryl methyl sites for hydroxylation is 1. The third kappa shape index (κ3) is 7.30. The molecule has 0 amide bonds. The van der Waals surface area contributed by atoms with Crippen LogP contribution >= 0.6 is 0 Å². The van der Waals surface area contributed by atoms with Crippen LogP contribution in [0.3, 0.4) is 0 Å². The summed E-state index contributed by atoms with van der Waals surface area (Å²) in [5.41, 5.74) is 1.89. The summed E-state index contributed by atoms with van der Waals surface area (Å²) in [6.07, 6.45) is 6.09. The maximum absolute atomic E-state index is 11.7. The number of benzene rings is 1. The molecule has 0 aliphatic heterocycles. The quantitative estimate of drug-likeness (QED) is 0.611. The Balaban J connectivity index is 2.28. The number of unbranched alkanes of at least 4 members (excludes halogenated alkanes) is 4. The summed E-state index contributed by atoms with van der Waals surface area (Å²) >= 11 is 0. The Hall–Kier alpha value is -1.85. The molecule has 0 bridgehead atoms. The number of nitriles is 2. The summed E-state index contributed by atoms with van der Waals surface area (Å²) < 4.78 is 23.4. The van der Waals surface area contributed by atoms with Crippen LogP contribution in [0.1, 0.15) is 62.1 Å². The highest BCUT2D eigenvalue weighted by Gasteiger charge is 2.09. The van der Waals surface area contributed by atoms with E-state index >= 15 is 0 Å². The first-order valence-corrected chi connectivity index (χ1v) is 9.98. The fourth-order valence-electron chi connectivity index (χ4n) is 2.41. The first kappa shape index (κ1) is 19.2. The molecule has 124 valence electrons. The lowest BCUT2D eigenvalue weighted by molar-refractivity contribution is 0.584. The molecule has 1 aromatic rings.